The average molecular weight is 351 g/mol. The van der Waals surface area contributed by atoms with E-state index < -0.39 is 0 Å². The predicted molar refractivity (Wildman–Crippen MR) is 99.0 cm³/mol. The zero-order valence-corrected chi connectivity index (χ0v) is 15.1. The van der Waals surface area contributed by atoms with Gasteiger partial charge in [-0.15, -0.1) is 0 Å². The summed E-state index contributed by atoms with van der Waals surface area (Å²) in [6.45, 7) is 1.91. The molecule has 134 valence electrons. The molecule has 0 spiro atoms. The number of hydrogen-bond donors (Lipinski definition) is 1. The van der Waals surface area contributed by atoms with Crippen molar-refractivity contribution in [2.24, 2.45) is 0 Å². The minimum absolute atomic E-state index is 0.0649. The lowest BCUT2D eigenvalue weighted by atomic mass is 10.1. The summed E-state index contributed by atoms with van der Waals surface area (Å²) in [5.41, 5.74) is 3.84. The Morgan fingerprint density at radius 2 is 1.88 bits per heavy atom. The van der Waals surface area contributed by atoms with Gasteiger partial charge in [-0.2, -0.15) is 0 Å². The largest absolute Gasteiger partial charge is 0.493 e. The summed E-state index contributed by atoms with van der Waals surface area (Å²) in [4.78, 5) is 12.8. The Bertz CT molecular complexity index is 989. The van der Waals surface area contributed by atoms with E-state index in [0.29, 0.717) is 17.3 Å². The number of para-hydroxylation sites is 1. The van der Waals surface area contributed by atoms with E-state index in [1.807, 2.05) is 43.3 Å². The molecule has 0 unspecified atom stereocenters. The van der Waals surface area contributed by atoms with Crippen LogP contribution in [0.2, 0.25) is 0 Å². The molecule has 1 heterocycles. The van der Waals surface area contributed by atoms with Crippen LogP contribution in [-0.4, -0.2) is 20.1 Å². The minimum Gasteiger partial charge on any atom is -0.493 e. The quantitative estimate of drug-likeness (QED) is 0.766. The standard InChI is InChI=1S/C21H21NO4/c1-12-14-6-4-5-7-17(14)26-20(12)21(23)22-16-9-8-13-10-18(24-2)19(25-3)11-15(13)16/h4-7,10-11,16H,8-9H2,1-3H3,(H,22,23)/t16-/m1/s1. The van der Waals surface area contributed by atoms with Gasteiger partial charge in [0.05, 0.1) is 20.3 Å². The van der Waals surface area contributed by atoms with Crippen LogP contribution in [0.1, 0.15) is 39.7 Å². The van der Waals surface area contributed by atoms with Gasteiger partial charge in [-0.3, -0.25) is 4.79 Å². The van der Waals surface area contributed by atoms with Gasteiger partial charge in [0.2, 0.25) is 0 Å². The number of nitrogens with one attached hydrogen (secondary N) is 1. The number of aryl methyl sites for hydroxylation is 2. The van der Waals surface area contributed by atoms with E-state index in [4.69, 9.17) is 13.9 Å². The van der Waals surface area contributed by atoms with Crippen LogP contribution >= 0.6 is 0 Å². The number of ether oxygens (including phenoxy) is 2. The van der Waals surface area contributed by atoms with E-state index >= 15 is 0 Å². The fraction of sp³-hybridized carbons (Fsp3) is 0.286. The van der Waals surface area contributed by atoms with Gasteiger partial charge in [-0.1, -0.05) is 18.2 Å². The van der Waals surface area contributed by atoms with Gasteiger partial charge in [-0.25, -0.2) is 0 Å². The molecule has 0 saturated heterocycles. The Morgan fingerprint density at radius 3 is 2.62 bits per heavy atom. The van der Waals surface area contributed by atoms with Gasteiger partial charge in [0.1, 0.15) is 5.58 Å². The summed E-state index contributed by atoms with van der Waals surface area (Å²) in [6.07, 6.45) is 1.73. The third-order valence-electron chi connectivity index (χ3n) is 5.08. The first-order chi connectivity index (χ1) is 12.6. The normalized spacial score (nSPS) is 15.7. The Kier molecular flexibility index (Phi) is 4.07. The first-order valence-electron chi connectivity index (χ1n) is 8.66. The highest BCUT2D eigenvalue weighted by Crippen LogP contribution is 2.39. The van der Waals surface area contributed by atoms with Gasteiger partial charge in [0.15, 0.2) is 17.3 Å². The Hall–Kier alpha value is -2.95. The maximum Gasteiger partial charge on any atom is 0.287 e. The number of fused-ring (bicyclic) bond motifs is 2. The van der Waals surface area contributed by atoms with E-state index in [1.165, 1.54) is 5.56 Å². The number of furan rings is 1. The van der Waals surface area contributed by atoms with Gasteiger partial charge in [0.25, 0.3) is 5.91 Å². The van der Waals surface area contributed by atoms with E-state index in [-0.39, 0.29) is 11.9 Å². The summed E-state index contributed by atoms with van der Waals surface area (Å²) in [7, 11) is 3.24. The van der Waals surface area contributed by atoms with Gasteiger partial charge < -0.3 is 19.2 Å². The molecular formula is C21H21NO4. The molecule has 1 amide bonds. The maximum absolute atomic E-state index is 12.8. The number of amides is 1. The van der Waals surface area contributed by atoms with Crippen LogP contribution in [0.15, 0.2) is 40.8 Å². The highest BCUT2D eigenvalue weighted by Gasteiger charge is 2.28. The molecule has 5 nitrogen and oxygen atoms in total. The summed E-state index contributed by atoms with van der Waals surface area (Å²) in [5.74, 6) is 1.57. The van der Waals surface area contributed by atoms with Crippen molar-refractivity contribution in [1.82, 2.24) is 5.32 Å². The lowest BCUT2D eigenvalue weighted by Crippen LogP contribution is -2.27. The minimum atomic E-state index is -0.189. The molecule has 4 rings (SSSR count). The van der Waals surface area contributed by atoms with Crippen LogP contribution in [0.5, 0.6) is 11.5 Å². The average Bonchev–Trinajstić information content (AvgIpc) is 3.21. The van der Waals surface area contributed by atoms with Gasteiger partial charge in [-0.05, 0) is 49.1 Å². The van der Waals surface area contributed by atoms with Crippen LogP contribution in [0, 0.1) is 6.92 Å². The lowest BCUT2D eigenvalue weighted by Gasteiger charge is -2.16. The highest BCUT2D eigenvalue weighted by molar-refractivity contribution is 5.99. The monoisotopic (exact) mass is 351 g/mol. The predicted octanol–water partition coefficient (Wildman–Crippen LogP) is 4.18. The molecular weight excluding hydrogens is 330 g/mol. The first kappa shape index (κ1) is 16.5. The van der Waals surface area contributed by atoms with Crippen molar-refractivity contribution in [3.8, 4) is 11.5 Å². The maximum atomic E-state index is 12.8. The molecule has 0 fully saturated rings. The van der Waals surface area contributed by atoms with Crippen molar-refractivity contribution in [2.75, 3.05) is 14.2 Å². The number of carbonyl (C=O) groups excluding carboxylic acids is 1. The Balaban J connectivity index is 1.63. The topological polar surface area (TPSA) is 60.7 Å². The van der Waals surface area contributed by atoms with Crippen LogP contribution in [0.4, 0.5) is 0 Å². The van der Waals surface area contributed by atoms with Crippen molar-refractivity contribution < 1.29 is 18.7 Å². The molecule has 26 heavy (non-hydrogen) atoms. The molecule has 0 saturated carbocycles. The highest BCUT2D eigenvalue weighted by atomic mass is 16.5. The van der Waals surface area contributed by atoms with Gasteiger partial charge in [0, 0.05) is 10.9 Å². The fourth-order valence-electron chi connectivity index (χ4n) is 3.70. The number of methoxy groups -OCH3 is 2. The first-order valence-corrected chi connectivity index (χ1v) is 8.66. The molecule has 5 heteroatoms. The van der Waals surface area contributed by atoms with Crippen molar-refractivity contribution in [2.45, 2.75) is 25.8 Å². The zero-order valence-electron chi connectivity index (χ0n) is 15.1. The van der Waals surface area contributed by atoms with E-state index in [0.717, 1.165) is 34.9 Å². The summed E-state index contributed by atoms with van der Waals surface area (Å²) < 4.78 is 16.6. The molecule has 0 radical (unpaired) electrons. The third-order valence-corrected chi connectivity index (χ3v) is 5.08. The third kappa shape index (κ3) is 2.60. The second kappa shape index (κ2) is 6.41. The summed E-state index contributed by atoms with van der Waals surface area (Å²) in [6, 6.07) is 11.6. The van der Waals surface area contributed by atoms with Crippen LogP contribution in [0.3, 0.4) is 0 Å². The van der Waals surface area contributed by atoms with Crippen LogP contribution < -0.4 is 14.8 Å². The van der Waals surface area contributed by atoms with Crippen molar-refractivity contribution in [3.63, 3.8) is 0 Å². The molecule has 1 aliphatic carbocycles. The molecule has 0 aliphatic heterocycles. The fourth-order valence-corrected chi connectivity index (χ4v) is 3.70. The summed E-state index contributed by atoms with van der Waals surface area (Å²) in [5, 5.41) is 4.08. The van der Waals surface area contributed by atoms with Crippen molar-refractivity contribution in [3.05, 3.63) is 58.8 Å². The zero-order chi connectivity index (χ0) is 18.3. The lowest BCUT2D eigenvalue weighted by molar-refractivity contribution is 0.0910. The van der Waals surface area contributed by atoms with Crippen LogP contribution in [-0.2, 0) is 6.42 Å². The van der Waals surface area contributed by atoms with Gasteiger partial charge >= 0.3 is 0 Å². The van der Waals surface area contributed by atoms with Crippen LogP contribution in [0.25, 0.3) is 11.0 Å². The number of benzene rings is 2. The SMILES string of the molecule is COc1cc2c(cc1OC)[C@H](NC(=O)c1oc3ccccc3c1C)CC2. The number of rotatable bonds is 4. The van der Waals surface area contributed by atoms with E-state index in [1.54, 1.807) is 14.2 Å². The molecule has 2 aromatic carbocycles. The van der Waals surface area contributed by atoms with E-state index in [9.17, 15) is 4.79 Å². The van der Waals surface area contributed by atoms with Crippen molar-refractivity contribution >= 4 is 16.9 Å². The van der Waals surface area contributed by atoms with E-state index in [2.05, 4.69) is 5.32 Å². The molecule has 0 bridgehead atoms. The van der Waals surface area contributed by atoms with Crippen molar-refractivity contribution in [1.29, 1.82) is 0 Å². The number of carbonyl (C=O) groups is 1. The Morgan fingerprint density at radius 1 is 1.15 bits per heavy atom. The summed E-state index contributed by atoms with van der Waals surface area (Å²) >= 11 is 0. The molecule has 1 atom stereocenters. The molecule has 3 aromatic rings. The second-order valence-corrected chi connectivity index (χ2v) is 6.52. The molecule has 1 aromatic heterocycles. The Labute approximate surface area is 151 Å². The smallest absolute Gasteiger partial charge is 0.287 e. The second-order valence-electron chi connectivity index (χ2n) is 6.52. The molecule has 1 aliphatic rings. The number of hydrogen-bond acceptors (Lipinski definition) is 4. The molecule has 1 N–H and O–H groups in total.